The van der Waals surface area contributed by atoms with Gasteiger partial charge < -0.3 is 5.73 Å². The maximum absolute atomic E-state index is 11.9. The molecule has 16 heavy (non-hydrogen) atoms. The number of aromatic nitrogens is 1. The number of ketones is 1. The molecule has 1 aliphatic carbocycles. The molecule has 2 N–H and O–H groups in total. The number of hydrogen-bond acceptors (Lipinski definition) is 3. The summed E-state index contributed by atoms with van der Waals surface area (Å²) in [5.41, 5.74) is 8.01. The Labute approximate surface area is 95.4 Å². The Hall–Kier alpha value is -1.64. The van der Waals surface area contributed by atoms with Crippen molar-refractivity contribution >= 4 is 11.5 Å². The van der Waals surface area contributed by atoms with Crippen LogP contribution < -0.4 is 5.73 Å². The van der Waals surface area contributed by atoms with Crippen molar-refractivity contribution in [2.75, 3.05) is 5.73 Å². The van der Waals surface area contributed by atoms with Gasteiger partial charge in [0.05, 0.1) is 5.56 Å². The summed E-state index contributed by atoms with van der Waals surface area (Å²) in [5, 5.41) is 0. The second kappa shape index (κ2) is 4.92. The minimum atomic E-state index is -0.0116. The average molecular weight is 216 g/mol. The van der Waals surface area contributed by atoms with E-state index in [0.29, 0.717) is 11.3 Å². The summed E-state index contributed by atoms with van der Waals surface area (Å²) < 4.78 is 0. The first-order valence-electron chi connectivity index (χ1n) is 5.70. The van der Waals surface area contributed by atoms with Crippen molar-refractivity contribution in [1.82, 2.24) is 4.98 Å². The third-order valence-electron chi connectivity index (χ3n) is 2.95. The maximum atomic E-state index is 11.9. The zero-order valence-electron chi connectivity index (χ0n) is 9.28. The van der Waals surface area contributed by atoms with Crippen LogP contribution in [0.1, 0.15) is 42.5 Å². The molecule has 0 atom stereocenters. The molecule has 0 unspecified atom stereocenters. The van der Waals surface area contributed by atoms with Gasteiger partial charge in [-0.15, -0.1) is 0 Å². The normalized spacial score (nSPS) is 15.9. The molecule has 0 spiro atoms. The van der Waals surface area contributed by atoms with E-state index in [4.69, 9.17) is 5.73 Å². The number of anilines is 1. The fraction of sp³-hybridized carbons (Fsp3) is 0.385. The fourth-order valence-corrected chi connectivity index (χ4v) is 2.02. The van der Waals surface area contributed by atoms with Crippen LogP contribution in [0.25, 0.3) is 0 Å². The zero-order valence-corrected chi connectivity index (χ0v) is 9.28. The predicted octanol–water partition coefficient (Wildman–Crippen LogP) is 2.74. The number of carbonyl (C=O) groups is 1. The minimum Gasteiger partial charge on any atom is -0.398 e. The molecule has 0 aliphatic heterocycles. The Balaban J connectivity index is 2.16. The topological polar surface area (TPSA) is 56.0 Å². The van der Waals surface area contributed by atoms with Crippen LogP contribution in [0.5, 0.6) is 0 Å². The number of nitrogen functional groups attached to an aromatic ring is 1. The monoisotopic (exact) mass is 216 g/mol. The number of hydrogen-bond donors (Lipinski definition) is 1. The Bertz CT molecular complexity index is 416. The van der Waals surface area contributed by atoms with Gasteiger partial charge in [-0.05, 0) is 37.8 Å². The Kier molecular flexibility index (Phi) is 3.34. The van der Waals surface area contributed by atoms with E-state index in [2.05, 4.69) is 4.98 Å². The molecular weight excluding hydrogens is 200 g/mol. The lowest BCUT2D eigenvalue weighted by molar-refractivity contribution is 0.104. The van der Waals surface area contributed by atoms with Gasteiger partial charge in [0.2, 0.25) is 0 Å². The van der Waals surface area contributed by atoms with E-state index in [1.165, 1.54) is 31.0 Å². The lowest BCUT2D eigenvalue weighted by Gasteiger charge is -2.13. The first kappa shape index (κ1) is 10.9. The summed E-state index contributed by atoms with van der Waals surface area (Å²) in [6.07, 6.45) is 10.6. The lowest BCUT2D eigenvalue weighted by Crippen LogP contribution is -2.04. The zero-order chi connectivity index (χ0) is 11.4. The molecule has 2 rings (SSSR count). The molecule has 0 radical (unpaired) electrons. The maximum Gasteiger partial charge on any atom is 0.189 e. The molecule has 0 amide bonds. The summed E-state index contributed by atoms with van der Waals surface area (Å²) in [6, 6.07) is 1.66. The molecule has 0 bridgehead atoms. The van der Waals surface area contributed by atoms with Crippen LogP contribution in [0.4, 0.5) is 5.69 Å². The quantitative estimate of drug-likeness (QED) is 0.611. The number of rotatable bonds is 2. The van der Waals surface area contributed by atoms with E-state index in [9.17, 15) is 4.79 Å². The van der Waals surface area contributed by atoms with E-state index in [0.717, 1.165) is 12.8 Å². The molecule has 1 aromatic rings. The van der Waals surface area contributed by atoms with Crippen molar-refractivity contribution in [1.29, 1.82) is 0 Å². The highest BCUT2D eigenvalue weighted by atomic mass is 16.1. The summed E-state index contributed by atoms with van der Waals surface area (Å²) in [5.74, 6) is -0.0116. The number of allylic oxidation sites excluding steroid dienone is 2. The third-order valence-corrected chi connectivity index (χ3v) is 2.95. The van der Waals surface area contributed by atoms with Crippen LogP contribution in [0.15, 0.2) is 30.1 Å². The highest BCUT2D eigenvalue weighted by Gasteiger charge is 2.10. The van der Waals surface area contributed by atoms with Crippen molar-refractivity contribution in [2.24, 2.45) is 0 Å². The van der Waals surface area contributed by atoms with Gasteiger partial charge in [0.25, 0.3) is 0 Å². The van der Waals surface area contributed by atoms with E-state index in [-0.39, 0.29) is 5.78 Å². The van der Waals surface area contributed by atoms with Crippen molar-refractivity contribution in [3.05, 3.63) is 35.7 Å². The van der Waals surface area contributed by atoms with Gasteiger partial charge in [0.15, 0.2) is 5.78 Å². The molecular formula is C13H16N2O. The van der Waals surface area contributed by atoms with Crippen molar-refractivity contribution in [2.45, 2.75) is 32.1 Å². The number of pyridine rings is 1. The lowest BCUT2D eigenvalue weighted by atomic mass is 9.93. The first-order chi connectivity index (χ1) is 7.77. The molecule has 1 fully saturated rings. The summed E-state index contributed by atoms with van der Waals surface area (Å²) in [6.45, 7) is 0. The molecule has 3 nitrogen and oxygen atoms in total. The average Bonchev–Trinajstić information content (AvgIpc) is 2.31. The Morgan fingerprint density at radius 1 is 1.31 bits per heavy atom. The van der Waals surface area contributed by atoms with E-state index in [1.54, 1.807) is 18.3 Å². The van der Waals surface area contributed by atoms with Gasteiger partial charge >= 0.3 is 0 Å². The van der Waals surface area contributed by atoms with Gasteiger partial charge in [0, 0.05) is 18.1 Å². The second-order valence-corrected chi connectivity index (χ2v) is 4.19. The highest BCUT2D eigenvalue weighted by Crippen LogP contribution is 2.23. The van der Waals surface area contributed by atoms with Gasteiger partial charge in [-0.2, -0.15) is 0 Å². The van der Waals surface area contributed by atoms with Crippen LogP contribution in [-0.2, 0) is 0 Å². The van der Waals surface area contributed by atoms with E-state index >= 15 is 0 Å². The van der Waals surface area contributed by atoms with Crippen LogP contribution in [-0.4, -0.2) is 10.8 Å². The smallest absolute Gasteiger partial charge is 0.189 e. The highest BCUT2D eigenvalue weighted by molar-refractivity contribution is 6.08. The van der Waals surface area contributed by atoms with E-state index < -0.39 is 0 Å². The third kappa shape index (κ3) is 2.48. The van der Waals surface area contributed by atoms with Crippen LogP contribution in [0.2, 0.25) is 0 Å². The molecule has 1 saturated carbocycles. The summed E-state index contributed by atoms with van der Waals surface area (Å²) >= 11 is 0. The van der Waals surface area contributed by atoms with Gasteiger partial charge in [-0.25, -0.2) is 0 Å². The van der Waals surface area contributed by atoms with Crippen LogP contribution in [0, 0.1) is 0 Å². The Morgan fingerprint density at radius 2 is 2.06 bits per heavy atom. The summed E-state index contributed by atoms with van der Waals surface area (Å²) in [4.78, 5) is 15.9. The molecule has 0 aromatic carbocycles. The van der Waals surface area contributed by atoms with Crippen molar-refractivity contribution in [3.63, 3.8) is 0 Å². The SMILES string of the molecule is Nc1ccncc1C(=O)C=C1CCCCC1. The molecule has 1 heterocycles. The van der Waals surface area contributed by atoms with Crippen molar-refractivity contribution < 1.29 is 4.79 Å². The van der Waals surface area contributed by atoms with Crippen LogP contribution >= 0.6 is 0 Å². The van der Waals surface area contributed by atoms with Gasteiger partial charge in [-0.1, -0.05) is 12.0 Å². The standard InChI is InChI=1S/C13H16N2O/c14-12-6-7-15-9-11(12)13(16)8-10-4-2-1-3-5-10/h6-9H,1-5H2,(H2,14,15). The van der Waals surface area contributed by atoms with E-state index in [1.807, 2.05) is 0 Å². The molecule has 1 aromatic heterocycles. The van der Waals surface area contributed by atoms with Crippen LogP contribution in [0.3, 0.4) is 0 Å². The molecule has 3 heteroatoms. The predicted molar refractivity (Wildman–Crippen MR) is 64.1 cm³/mol. The Morgan fingerprint density at radius 3 is 2.75 bits per heavy atom. The molecule has 84 valence electrons. The number of carbonyl (C=O) groups excluding carboxylic acids is 1. The number of nitrogens with zero attached hydrogens (tertiary/aromatic N) is 1. The fourth-order valence-electron chi connectivity index (χ4n) is 2.02. The minimum absolute atomic E-state index is 0.0116. The second-order valence-electron chi connectivity index (χ2n) is 4.19. The summed E-state index contributed by atoms with van der Waals surface area (Å²) in [7, 11) is 0. The molecule has 1 aliphatic rings. The van der Waals surface area contributed by atoms with Crippen molar-refractivity contribution in [3.8, 4) is 0 Å². The van der Waals surface area contributed by atoms with Gasteiger partial charge in [0.1, 0.15) is 0 Å². The van der Waals surface area contributed by atoms with Gasteiger partial charge in [-0.3, -0.25) is 9.78 Å². The number of nitrogens with two attached hydrogens (primary N) is 1. The molecule has 0 saturated heterocycles. The largest absolute Gasteiger partial charge is 0.398 e. The first-order valence-corrected chi connectivity index (χ1v) is 5.70.